The van der Waals surface area contributed by atoms with Gasteiger partial charge in [0.1, 0.15) is 11.7 Å². The van der Waals surface area contributed by atoms with Crippen LogP contribution in [0.1, 0.15) is 60.8 Å². The van der Waals surface area contributed by atoms with Crippen LogP contribution in [-0.2, 0) is 16.1 Å². The Kier molecular flexibility index (Phi) is 8.75. The fraction of sp³-hybridized carbons (Fsp3) is 0.481. The van der Waals surface area contributed by atoms with Gasteiger partial charge in [0.15, 0.2) is 11.5 Å². The number of nitrogens with zero attached hydrogens (tertiary/aromatic N) is 2. The third-order valence-corrected chi connectivity index (χ3v) is 6.66. The van der Waals surface area contributed by atoms with Crippen molar-refractivity contribution in [3.05, 3.63) is 53.3 Å². The molecule has 1 aromatic heterocycles. The molecule has 2 atom stereocenters. The first-order chi connectivity index (χ1) is 18.2. The molecule has 2 fully saturated rings. The number of pyridine rings is 1. The predicted molar refractivity (Wildman–Crippen MR) is 134 cm³/mol. The molecular formula is C27H32F2N4O5. The van der Waals surface area contributed by atoms with Gasteiger partial charge in [-0.05, 0) is 61.9 Å². The van der Waals surface area contributed by atoms with Crippen molar-refractivity contribution < 1.29 is 32.6 Å². The Hall–Kier alpha value is -3.76. The van der Waals surface area contributed by atoms with Gasteiger partial charge in [0.05, 0.1) is 18.8 Å². The Morgan fingerprint density at radius 3 is 2.61 bits per heavy atom. The van der Waals surface area contributed by atoms with E-state index in [1.54, 1.807) is 30.3 Å². The van der Waals surface area contributed by atoms with Crippen LogP contribution in [0.3, 0.4) is 0 Å². The van der Waals surface area contributed by atoms with Crippen molar-refractivity contribution in [2.45, 2.75) is 58.2 Å². The van der Waals surface area contributed by atoms with Crippen LogP contribution in [0.4, 0.5) is 8.78 Å². The van der Waals surface area contributed by atoms with E-state index in [-0.39, 0.29) is 47.4 Å². The number of carbonyl (C=O) groups is 3. The van der Waals surface area contributed by atoms with Crippen molar-refractivity contribution in [1.82, 2.24) is 20.5 Å². The van der Waals surface area contributed by atoms with Crippen LogP contribution in [0.15, 0.2) is 36.4 Å². The van der Waals surface area contributed by atoms with Gasteiger partial charge in [-0.2, -0.15) is 8.78 Å². The number of benzene rings is 1. The van der Waals surface area contributed by atoms with Crippen LogP contribution >= 0.6 is 0 Å². The van der Waals surface area contributed by atoms with Crippen LogP contribution in [0, 0.1) is 5.92 Å². The summed E-state index contributed by atoms with van der Waals surface area (Å²) in [5, 5.41) is 5.51. The molecule has 1 aromatic carbocycles. The number of nitrogens with one attached hydrogen (secondary N) is 2. The molecule has 1 aliphatic heterocycles. The molecule has 0 radical (unpaired) electrons. The second-order valence-electron chi connectivity index (χ2n) is 9.55. The molecule has 38 heavy (non-hydrogen) atoms. The standard InChI is InChI=1S/C27H32F2N4O5/c1-3-30-25(35)21-6-4-5-20(32-21)13-31-26(36)22-11-19(14-33(22)16(2)34)18-9-10-23(38-27(28)29)24(12-18)37-15-17-7-8-17/h4-6,9-10,12,17,19,22,27H,3,7-8,11,13-15H2,1-2H3,(H,30,35)(H,31,36)/t19?,22-/m1/s1. The smallest absolute Gasteiger partial charge is 0.387 e. The zero-order chi connectivity index (χ0) is 27.2. The minimum atomic E-state index is -2.98. The maximum Gasteiger partial charge on any atom is 0.387 e. The number of aromatic nitrogens is 1. The van der Waals surface area contributed by atoms with E-state index in [0.717, 1.165) is 18.4 Å². The highest BCUT2D eigenvalue weighted by Crippen LogP contribution is 2.39. The molecule has 3 amide bonds. The summed E-state index contributed by atoms with van der Waals surface area (Å²) in [4.78, 5) is 43.3. The largest absolute Gasteiger partial charge is 0.489 e. The molecule has 4 rings (SSSR count). The summed E-state index contributed by atoms with van der Waals surface area (Å²) >= 11 is 0. The third kappa shape index (κ3) is 6.96. The summed E-state index contributed by atoms with van der Waals surface area (Å²) in [5.74, 6) is -0.465. The van der Waals surface area contributed by atoms with Gasteiger partial charge in [-0.25, -0.2) is 4.98 Å². The maximum absolute atomic E-state index is 13.1. The van der Waals surface area contributed by atoms with E-state index in [4.69, 9.17) is 4.74 Å². The second kappa shape index (κ2) is 12.2. The number of hydrogen-bond donors (Lipinski definition) is 2. The third-order valence-electron chi connectivity index (χ3n) is 6.66. The minimum Gasteiger partial charge on any atom is -0.489 e. The molecule has 9 nitrogen and oxygen atoms in total. The van der Waals surface area contributed by atoms with Crippen LogP contribution in [0.5, 0.6) is 11.5 Å². The van der Waals surface area contributed by atoms with E-state index in [9.17, 15) is 23.2 Å². The molecular weight excluding hydrogens is 498 g/mol. The minimum absolute atomic E-state index is 0.0394. The fourth-order valence-electron chi connectivity index (χ4n) is 4.50. The average molecular weight is 531 g/mol. The molecule has 11 heteroatoms. The monoisotopic (exact) mass is 530 g/mol. The number of likely N-dealkylation sites (tertiary alicyclic amines) is 1. The summed E-state index contributed by atoms with van der Waals surface area (Å²) in [5.41, 5.74) is 1.54. The quantitative estimate of drug-likeness (QED) is 0.462. The number of halogens is 2. The first kappa shape index (κ1) is 27.3. The average Bonchev–Trinajstić information content (AvgIpc) is 3.61. The van der Waals surface area contributed by atoms with Gasteiger partial charge in [-0.1, -0.05) is 12.1 Å². The Morgan fingerprint density at radius 2 is 1.92 bits per heavy atom. The first-order valence-corrected chi connectivity index (χ1v) is 12.8. The highest BCUT2D eigenvalue weighted by molar-refractivity contribution is 5.92. The Bertz CT molecular complexity index is 1170. The fourth-order valence-corrected chi connectivity index (χ4v) is 4.50. The van der Waals surface area contributed by atoms with Crippen molar-refractivity contribution in [1.29, 1.82) is 0 Å². The van der Waals surface area contributed by atoms with E-state index in [1.807, 2.05) is 6.92 Å². The van der Waals surface area contributed by atoms with E-state index < -0.39 is 12.7 Å². The zero-order valence-electron chi connectivity index (χ0n) is 21.4. The van der Waals surface area contributed by atoms with Gasteiger partial charge in [-0.3, -0.25) is 14.4 Å². The summed E-state index contributed by atoms with van der Waals surface area (Å²) in [6.07, 6.45) is 2.45. The Balaban J connectivity index is 1.45. The zero-order valence-corrected chi connectivity index (χ0v) is 21.4. The normalized spacial score (nSPS) is 18.8. The molecule has 2 heterocycles. The highest BCUT2D eigenvalue weighted by Gasteiger charge is 2.39. The van der Waals surface area contributed by atoms with Crippen LogP contribution in [-0.4, -0.2) is 60.0 Å². The summed E-state index contributed by atoms with van der Waals surface area (Å²) < 4.78 is 36.2. The molecule has 2 N–H and O–H groups in total. The van der Waals surface area contributed by atoms with Crippen molar-refractivity contribution in [3.63, 3.8) is 0 Å². The lowest BCUT2D eigenvalue weighted by molar-refractivity contribution is -0.136. The predicted octanol–water partition coefficient (Wildman–Crippen LogP) is 3.24. The molecule has 0 spiro atoms. The lowest BCUT2D eigenvalue weighted by Gasteiger charge is -2.22. The van der Waals surface area contributed by atoms with Crippen LogP contribution in [0.25, 0.3) is 0 Å². The van der Waals surface area contributed by atoms with E-state index in [2.05, 4.69) is 20.4 Å². The van der Waals surface area contributed by atoms with E-state index in [1.165, 1.54) is 17.9 Å². The molecule has 1 saturated carbocycles. The van der Waals surface area contributed by atoms with Gasteiger partial charge in [0.25, 0.3) is 5.91 Å². The summed E-state index contributed by atoms with van der Waals surface area (Å²) in [7, 11) is 0. The molecule has 0 bridgehead atoms. The molecule has 1 unspecified atom stereocenters. The lowest BCUT2D eigenvalue weighted by Crippen LogP contribution is -2.45. The lowest BCUT2D eigenvalue weighted by atomic mass is 9.95. The highest BCUT2D eigenvalue weighted by atomic mass is 19.3. The number of carbonyl (C=O) groups excluding carboxylic acids is 3. The van der Waals surface area contributed by atoms with E-state index in [0.29, 0.717) is 37.7 Å². The number of alkyl halides is 2. The maximum atomic E-state index is 13.1. The molecule has 204 valence electrons. The molecule has 2 aromatic rings. The first-order valence-electron chi connectivity index (χ1n) is 12.8. The second-order valence-corrected chi connectivity index (χ2v) is 9.55. The van der Waals surface area contributed by atoms with Crippen molar-refractivity contribution >= 4 is 17.7 Å². The van der Waals surface area contributed by atoms with Crippen LogP contribution in [0.2, 0.25) is 0 Å². The topological polar surface area (TPSA) is 110 Å². The van der Waals surface area contributed by atoms with Crippen molar-refractivity contribution in [2.24, 2.45) is 5.92 Å². The SMILES string of the molecule is CCNC(=O)c1cccc(CNC(=O)[C@H]2CC(c3ccc(OC(F)F)c(OCC4CC4)c3)CN2C(C)=O)n1. The number of ether oxygens (including phenoxy) is 2. The van der Waals surface area contributed by atoms with Crippen molar-refractivity contribution in [3.8, 4) is 11.5 Å². The van der Waals surface area contributed by atoms with Crippen LogP contribution < -0.4 is 20.1 Å². The number of hydrogen-bond acceptors (Lipinski definition) is 6. The summed E-state index contributed by atoms with van der Waals surface area (Å²) in [6.45, 7) is 1.53. The van der Waals surface area contributed by atoms with Crippen molar-refractivity contribution in [2.75, 3.05) is 19.7 Å². The van der Waals surface area contributed by atoms with Gasteiger partial charge in [0.2, 0.25) is 11.8 Å². The Morgan fingerprint density at radius 1 is 1.13 bits per heavy atom. The number of amides is 3. The molecule has 1 aliphatic carbocycles. The molecule has 1 saturated heterocycles. The van der Waals surface area contributed by atoms with Gasteiger partial charge >= 0.3 is 6.61 Å². The van der Waals surface area contributed by atoms with Gasteiger partial charge in [0, 0.05) is 25.9 Å². The van der Waals surface area contributed by atoms with Gasteiger partial charge < -0.3 is 25.0 Å². The molecule has 2 aliphatic rings. The Labute approximate surface area is 219 Å². The van der Waals surface area contributed by atoms with E-state index >= 15 is 0 Å². The summed E-state index contributed by atoms with van der Waals surface area (Å²) in [6, 6.07) is 9.06. The number of rotatable bonds is 11. The van der Waals surface area contributed by atoms with Gasteiger partial charge in [-0.15, -0.1) is 0 Å².